The van der Waals surface area contributed by atoms with Crippen LogP contribution in [-0.4, -0.2) is 35.3 Å². The quantitative estimate of drug-likeness (QED) is 0.796. The molecule has 5 nitrogen and oxygen atoms in total. The average molecular weight is 237 g/mol. The molecule has 0 aromatic carbocycles. The molecule has 2 unspecified atom stereocenters. The molecule has 0 spiro atoms. The minimum absolute atomic E-state index is 0.0332. The van der Waals surface area contributed by atoms with Gasteiger partial charge in [0.1, 0.15) is 5.69 Å². The summed E-state index contributed by atoms with van der Waals surface area (Å²) in [5.74, 6) is 0.751. The first-order chi connectivity index (χ1) is 8.19. The summed E-state index contributed by atoms with van der Waals surface area (Å²) in [5, 5.41) is 7.47. The number of ketones is 1. The molecule has 0 bridgehead atoms. The lowest BCUT2D eigenvalue weighted by atomic mass is 9.94. The van der Waals surface area contributed by atoms with Crippen LogP contribution in [0.25, 0.3) is 0 Å². The number of aryl methyl sites for hydroxylation is 1. The molecule has 0 radical (unpaired) electrons. The Labute approximate surface area is 101 Å². The maximum atomic E-state index is 12.5. The monoisotopic (exact) mass is 237 g/mol. The number of rotatable bonds is 4. The van der Waals surface area contributed by atoms with Gasteiger partial charge in [0.25, 0.3) is 0 Å². The van der Waals surface area contributed by atoms with E-state index >= 15 is 0 Å². The van der Waals surface area contributed by atoms with Gasteiger partial charge in [0, 0.05) is 18.5 Å². The molecule has 94 valence electrons. The van der Waals surface area contributed by atoms with E-state index in [9.17, 15) is 4.79 Å². The molecule has 1 aromatic rings. The maximum absolute atomic E-state index is 12.5. The zero-order chi connectivity index (χ0) is 12.4. The Hall–Kier alpha value is -1.36. The summed E-state index contributed by atoms with van der Waals surface area (Å²) in [4.78, 5) is 12.5. The molecule has 1 aliphatic heterocycles. The second kappa shape index (κ2) is 4.87. The summed E-state index contributed by atoms with van der Waals surface area (Å²) in [6.45, 7) is 5.60. The number of nitrogens with zero attached hydrogens (tertiary/aromatic N) is 2. The van der Waals surface area contributed by atoms with E-state index in [4.69, 9.17) is 4.74 Å². The SMILES string of the molecule is CCn1ncc(OC)c1C(=O)C1CCNC1C. The van der Waals surface area contributed by atoms with Crippen LogP contribution in [0.4, 0.5) is 0 Å². The number of carbonyl (C=O) groups excluding carboxylic acids is 1. The standard InChI is InChI=1S/C12H19N3O2/c1-4-15-11(10(17-3)7-14-15)12(16)9-5-6-13-8(9)2/h7-9,13H,4-6H2,1-3H3. The van der Waals surface area contributed by atoms with E-state index in [0.29, 0.717) is 18.0 Å². The van der Waals surface area contributed by atoms with E-state index in [1.165, 1.54) is 0 Å². The van der Waals surface area contributed by atoms with Gasteiger partial charge >= 0.3 is 0 Å². The highest BCUT2D eigenvalue weighted by Gasteiger charge is 2.33. The number of carbonyl (C=O) groups is 1. The topological polar surface area (TPSA) is 56.2 Å². The predicted molar refractivity (Wildman–Crippen MR) is 64.4 cm³/mol. The second-order valence-corrected chi connectivity index (χ2v) is 4.38. The van der Waals surface area contributed by atoms with Crippen LogP contribution in [0.2, 0.25) is 0 Å². The molecular formula is C12H19N3O2. The molecule has 1 fully saturated rings. The lowest BCUT2D eigenvalue weighted by Crippen LogP contribution is -2.29. The van der Waals surface area contributed by atoms with Crippen molar-refractivity contribution in [3.8, 4) is 5.75 Å². The summed E-state index contributed by atoms with van der Waals surface area (Å²) >= 11 is 0. The largest absolute Gasteiger partial charge is 0.493 e. The number of methoxy groups -OCH3 is 1. The summed E-state index contributed by atoms with van der Waals surface area (Å²) < 4.78 is 6.93. The van der Waals surface area contributed by atoms with Crippen LogP contribution >= 0.6 is 0 Å². The molecule has 17 heavy (non-hydrogen) atoms. The Bertz CT molecular complexity index is 392. The molecule has 1 aromatic heterocycles. The van der Waals surface area contributed by atoms with E-state index in [1.54, 1.807) is 18.0 Å². The van der Waals surface area contributed by atoms with Crippen LogP contribution in [0.3, 0.4) is 0 Å². The molecule has 2 rings (SSSR count). The van der Waals surface area contributed by atoms with Gasteiger partial charge in [0.2, 0.25) is 0 Å². The zero-order valence-electron chi connectivity index (χ0n) is 10.6. The Kier molecular flexibility index (Phi) is 3.47. The van der Waals surface area contributed by atoms with Gasteiger partial charge in [-0.2, -0.15) is 5.10 Å². The summed E-state index contributed by atoms with van der Waals surface area (Å²) in [5.41, 5.74) is 0.607. The Morgan fingerprint density at radius 1 is 1.71 bits per heavy atom. The van der Waals surface area contributed by atoms with Crippen LogP contribution in [0.1, 0.15) is 30.8 Å². The Morgan fingerprint density at radius 3 is 3.00 bits per heavy atom. The molecule has 2 heterocycles. The van der Waals surface area contributed by atoms with E-state index < -0.39 is 0 Å². The first-order valence-electron chi connectivity index (χ1n) is 6.06. The van der Waals surface area contributed by atoms with Gasteiger partial charge in [-0.3, -0.25) is 9.48 Å². The number of nitrogens with one attached hydrogen (secondary N) is 1. The highest BCUT2D eigenvalue weighted by Crippen LogP contribution is 2.26. The number of hydrogen-bond donors (Lipinski definition) is 1. The van der Waals surface area contributed by atoms with Crippen molar-refractivity contribution in [2.75, 3.05) is 13.7 Å². The lowest BCUT2D eigenvalue weighted by Gasteiger charge is -2.15. The first-order valence-corrected chi connectivity index (χ1v) is 6.06. The summed E-state index contributed by atoms with van der Waals surface area (Å²) in [6, 6.07) is 0.229. The zero-order valence-corrected chi connectivity index (χ0v) is 10.6. The summed E-state index contributed by atoms with van der Waals surface area (Å²) in [6.07, 6.45) is 2.50. The average Bonchev–Trinajstić information content (AvgIpc) is 2.93. The van der Waals surface area contributed by atoms with Gasteiger partial charge in [0.05, 0.1) is 13.3 Å². The van der Waals surface area contributed by atoms with E-state index in [0.717, 1.165) is 13.0 Å². The number of Topliss-reactive ketones (excluding diaryl/α,β-unsaturated/α-hetero) is 1. The third-order valence-corrected chi connectivity index (χ3v) is 3.42. The highest BCUT2D eigenvalue weighted by atomic mass is 16.5. The minimum atomic E-state index is 0.0332. The van der Waals surface area contributed by atoms with E-state index in [2.05, 4.69) is 17.3 Å². The maximum Gasteiger partial charge on any atom is 0.189 e. The van der Waals surface area contributed by atoms with Gasteiger partial charge in [-0.1, -0.05) is 0 Å². The fraction of sp³-hybridized carbons (Fsp3) is 0.667. The molecule has 2 atom stereocenters. The molecule has 1 N–H and O–H groups in total. The number of hydrogen-bond acceptors (Lipinski definition) is 4. The van der Waals surface area contributed by atoms with Crippen LogP contribution in [0.15, 0.2) is 6.20 Å². The molecule has 1 saturated heterocycles. The van der Waals surface area contributed by atoms with Crippen molar-refractivity contribution in [2.24, 2.45) is 5.92 Å². The second-order valence-electron chi connectivity index (χ2n) is 4.38. The van der Waals surface area contributed by atoms with Gasteiger partial charge in [-0.25, -0.2) is 0 Å². The lowest BCUT2D eigenvalue weighted by molar-refractivity contribution is 0.0899. The Morgan fingerprint density at radius 2 is 2.47 bits per heavy atom. The first kappa shape index (κ1) is 12.1. The van der Waals surface area contributed by atoms with Crippen LogP contribution < -0.4 is 10.1 Å². The third kappa shape index (κ3) is 2.07. The fourth-order valence-electron chi connectivity index (χ4n) is 2.40. The minimum Gasteiger partial charge on any atom is -0.493 e. The molecule has 5 heteroatoms. The van der Waals surface area contributed by atoms with Crippen LogP contribution in [0.5, 0.6) is 5.75 Å². The van der Waals surface area contributed by atoms with E-state index in [-0.39, 0.29) is 17.7 Å². The molecule has 0 amide bonds. The third-order valence-electron chi connectivity index (χ3n) is 3.42. The summed E-state index contributed by atoms with van der Waals surface area (Å²) in [7, 11) is 1.57. The molecular weight excluding hydrogens is 218 g/mol. The Balaban J connectivity index is 2.32. The molecule has 0 saturated carbocycles. The van der Waals surface area contributed by atoms with Crippen molar-refractivity contribution in [3.63, 3.8) is 0 Å². The van der Waals surface area contributed by atoms with Crippen LogP contribution in [0, 0.1) is 5.92 Å². The molecule has 0 aliphatic carbocycles. The van der Waals surface area contributed by atoms with Crippen molar-refractivity contribution in [1.29, 1.82) is 0 Å². The van der Waals surface area contributed by atoms with Gasteiger partial charge < -0.3 is 10.1 Å². The van der Waals surface area contributed by atoms with Crippen molar-refractivity contribution in [1.82, 2.24) is 15.1 Å². The number of ether oxygens (including phenoxy) is 1. The van der Waals surface area contributed by atoms with Gasteiger partial charge in [-0.05, 0) is 26.8 Å². The number of aromatic nitrogens is 2. The van der Waals surface area contributed by atoms with Crippen molar-refractivity contribution < 1.29 is 9.53 Å². The van der Waals surface area contributed by atoms with Crippen molar-refractivity contribution >= 4 is 5.78 Å². The predicted octanol–water partition coefficient (Wildman–Crippen LogP) is 1.09. The van der Waals surface area contributed by atoms with E-state index in [1.807, 2.05) is 6.92 Å². The smallest absolute Gasteiger partial charge is 0.189 e. The highest BCUT2D eigenvalue weighted by molar-refractivity contribution is 5.99. The van der Waals surface area contributed by atoms with Crippen LogP contribution in [-0.2, 0) is 6.54 Å². The normalized spacial score (nSPS) is 23.9. The fourth-order valence-corrected chi connectivity index (χ4v) is 2.40. The molecule has 1 aliphatic rings. The van der Waals surface area contributed by atoms with Gasteiger partial charge in [-0.15, -0.1) is 0 Å². The van der Waals surface area contributed by atoms with Crippen molar-refractivity contribution in [2.45, 2.75) is 32.9 Å². The van der Waals surface area contributed by atoms with Crippen molar-refractivity contribution in [3.05, 3.63) is 11.9 Å². The van der Waals surface area contributed by atoms with Gasteiger partial charge in [0.15, 0.2) is 11.5 Å².